The van der Waals surface area contributed by atoms with Crippen molar-refractivity contribution in [2.45, 2.75) is 20.8 Å². The zero-order valence-electron chi connectivity index (χ0n) is 9.52. The molecule has 0 radical (unpaired) electrons. The maximum atomic E-state index is 3.10. The van der Waals surface area contributed by atoms with Gasteiger partial charge in [0.25, 0.3) is 0 Å². The Kier molecular flexibility index (Phi) is 3.90. The molecule has 0 unspecified atom stereocenters. The Bertz CT molecular complexity index is 314. The van der Waals surface area contributed by atoms with E-state index in [1.807, 2.05) is 7.05 Å². The van der Waals surface area contributed by atoms with Gasteiger partial charge in [-0.2, -0.15) is 0 Å². The second-order valence-corrected chi connectivity index (χ2v) is 3.77. The summed E-state index contributed by atoms with van der Waals surface area (Å²) in [5.41, 5.74) is 5.40. The third-order valence-corrected chi connectivity index (χ3v) is 2.34. The van der Waals surface area contributed by atoms with Gasteiger partial charge in [0.2, 0.25) is 0 Å². The monoisotopic (exact) mass is 189 g/mol. The molecule has 1 rings (SSSR count). The van der Waals surface area contributed by atoms with Crippen LogP contribution in [0.1, 0.15) is 22.3 Å². The van der Waals surface area contributed by atoms with E-state index in [1.54, 1.807) is 0 Å². The van der Waals surface area contributed by atoms with Gasteiger partial charge in [0.1, 0.15) is 0 Å². The third-order valence-electron chi connectivity index (χ3n) is 2.34. The van der Waals surface area contributed by atoms with Crippen molar-refractivity contribution < 1.29 is 0 Å². The van der Waals surface area contributed by atoms with Gasteiger partial charge >= 0.3 is 0 Å². The maximum Gasteiger partial charge on any atom is 0.0135 e. The van der Waals surface area contributed by atoms with Crippen molar-refractivity contribution in [2.75, 3.05) is 13.6 Å². The number of likely N-dealkylation sites (N-methyl/N-ethyl adjacent to an activating group) is 1. The number of hydrogen-bond donors (Lipinski definition) is 1. The molecule has 0 fully saturated rings. The van der Waals surface area contributed by atoms with Crippen LogP contribution >= 0.6 is 0 Å². The quantitative estimate of drug-likeness (QED) is 0.771. The summed E-state index contributed by atoms with van der Waals surface area (Å²) in [6.07, 6.45) is 4.35. The highest BCUT2D eigenvalue weighted by Gasteiger charge is 1.99. The van der Waals surface area contributed by atoms with Crippen LogP contribution in [-0.4, -0.2) is 13.6 Å². The molecular weight excluding hydrogens is 170 g/mol. The first-order chi connectivity index (χ1) is 6.65. The first-order valence-corrected chi connectivity index (χ1v) is 5.04. The lowest BCUT2D eigenvalue weighted by molar-refractivity contribution is 0.922. The smallest absolute Gasteiger partial charge is 0.0135 e. The molecule has 1 aromatic carbocycles. The molecule has 0 aliphatic heterocycles. The van der Waals surface area contributed by atoms with E-state index in [2.05, 4.69) is 50.4 Å². The van der Waals surface area contributed by atoms with Gasteiger partial charge in [0, 0.05) is 6.54 Å². The van der Waals surface area contributed by atoms with Crippen LogP contribution in [0.15, 0.2) is 18.2 Å². The van der Waals surface area contributed by atoms with Crippen molar-refractivity contribution in [1.82, 2.24) is 5.32 Å². The summed E-state index contributed by atoms with van der Waals surface area (Å²) in [5, 5.41) is 3.10. The van der Waals surface area contributed by atoms with Crippen LogP contribution in [0.4, 0.5) is 0 Å². The Labute approximate surface area is 86.8 Å². The van der Waals surface area contributed by atoms with E-state index in [0.717, 1.165) is 6.54 Å². The van der Waals surface area contributed by atoms with Gasteiger partial charge in [-0.25, -0.2) is 0 Å². The fourth-order valence-electron chi connectivity index (χ4n) is 1.75. The van der Waals surface area contributed by atoms with E-state index in [1.165, 1.54) is 22.3 Å². The predicted molar refractivity (Wildman–Crippen MR) is 63.6 cm³/mol. The van der Waals surface area contributed by atoms with Crippen molar-refractivity contribution in [3.8, 4) is 0 Å². The molecule has 0 aliphatic rings. The van der Waals surface area contributed by atoms with Gasteiger partial charge in [0.05, 0.1) is 0 Å². The van der Waals surface area contributed by atoms with Gasteiger partial charge in [0.15, 0.2) is 0 Å². The normalized spacial score (nSPS) is 11.1. The third kappa shape index (κ3) is 2.71. The first-order valence-electron chi connectivity index (χ1n) is 5.04. The maximum absolute atomic E-state index is 3.10. The van der Waals surface area contributed by atoms with Crippen LogP contribution in [0.5, 0.6) is 0 Å². The van der Waals surface area contributed by atoms with Crippen molar-refractivity contribution in [1.29, 1.82) is 0 Å². The number of rotatable bonds is 3. The van der Waals surface area contributed by atoms with E-state index < -0.39 is 0 Å². The van der Waals surface area contributed by atoms with Gasteiger partial charge in [-0.15, -0.1) is 0 Å². The summed E-state index contributed by atoms with van der Waals surface area (Å²) in [4.78, 5) is 0. The van der Waals surface area contributed by atoms with Crippen LogP contribution in [0.25, 0.3) is 6.08 Å². The number of aryl methyl sites for hydroxylation is 3. The molecule has 0 atom stereocenters. The lowest BCUT2D eigenvalue weighted by Gasteiger charge is -2.06. The van der Waals surface area contributed by atoms with Crippen molar-refractivity contribution >= 4 is 6.08 Å². The second-order valence-electron chi connectivity index (χ2n) is 3.77. The molecule has 1 aromatic rings. The molecule has 0 saturated carbocycles. The van der Waals surface area contributed by atoms with Crippen molar-refractivity contribution in [2.24, 2.45) is 0 Å². The Morgan fingerprint density at radius 3 is 2.21 bits per heavy atom. The summed E-state index contributed by atoms with van der Waals surface area (Å²) < 4.78 is 0. The number of benzene rings is 1. The lowest BCUT2D eigenvalue weighted by atomic mass is 9.99. The highest BCUT2D eigenvalue weighted by molar-refractivity contribution is 5.58. The molecule has 0 heterocycles. The van der Waals surface area contributed by atoms with Crippen LogP contribution in [0, 0.1) is 20.8 Å². The zero-order chi connectivity index (χ0) is 10.6. The molecule has 76 valence electrons. The SMILES string of the molecule is CNC/C=C/c1c(C)cc(C)cc1C. The molecule has 0 aromatic heterocycles. The van der Waals surface area contributed by atoms with E-state index in [9.17, 15) is 0 Å². The average Bonchev–Trinajstić information content (AvgIpc) is 2.09. The second kappa shape index (κ2) is 4.97. The molecule has 0 aliphatic carbocycles. The van der Waals surface area contributed by atoms with Gasteiger partial charge in [-0.05, 0) is 44.5 Å². The Morgan fingerprint density at radius 1 is 1.14 bits per heavy atom. The molecule has 0 saturated heterocycles. The first kappa shape index (κ1) is 11.0. The van der Waals surface area contributed by atoms with Crippen LogP contribution in [-0.2, 0) is 0 Å². The molecule has 14 heavy (non-hydrogen) atoms. The average molecular weight is 189 g/mol. The zero-order valence-corrected chi connectivity index (χ0v) is 9.52. The van der Waals surface area contributed by atoms with Crippen molar-refractivity contribution in [3.63, 3.8) is 0 Å². The lowest BCUT2D eigenvalue weighted by Crippen LogP contribution is -2.03. The van der Waals surface area contributed by atoms with Crippen molar-refractivity contribution in [3.05, 3.63) is 40.5 Å². The highest BCUT2D eigenvalue weighted by Crippen LogP contribution is 2.17. The summed E-state index contributed by atoms with van der Waals surface area (Å²) in [7, 11) is 1.96. The number of hydrogen-bond acceptors (Lipinski definition) is 1. The van der Waals surface area contributed by atoms with E-state index in [-0.39, 0.29) is 0 Å². The Morgan fingerprint density at radius 2 is 1.71 bits per heavy atom. The van der Waals surface area contributed by atoms with Crippen LogP contribution < -0.4 is 5.32 Å². The summed E-state index contributed by atoms with van der Waals surface area (Å²) in [6, 6.07) is 4.46. The Hall–Kier alpha value is -1.08. The highest BCUT2D eigenvalue weighted by atomic mass is 14.8. The molecule has 0 bridgehead atoms. The summed E-state index contributed by atoms with van der Waals surface area (Å²) in [5.74, 6) is 0. The van der Waals surface area contributed by atoms with Gasteiger partial charge < -0.3 is 5.32 Å². The summed E-state index contributed by atoms with van der Waals surface area (Å²) in [6.45, 7) is 7.39. The van der Waals surface area contributed by atoms with Gasteiger partial charge in [-0.1, -0.05) is 29.8 Å². The van der Waals surface area contributed by atoms with E-state index in [0.29, 0.717) is 0 Å². The largest absolute Gasteiger partial charge is 0.316 e. The minimum atomic E-state index is 0.923. The molecule has 0 spiro atoms. The fraction of sp³-hybridized carbons (Fsp3) is 0.385. The fourth-order valence-corrected chi connectivity index (χ4v) is 1.75. The molecular formula is C13H19N. The Balaban J connectivity index is 2.96. The molecule has 1 nitrogen and oxygen atoms in total. The predicted octanol–water partition coefficient (Wildman–Crippen LogP) is 2.84. The van der Waals surface area contributed by atoms with E-state index in [4.69, 9.17) is 0 Å². The molecule has 0 amide bonds. The van der Waals surface area contributed by atoms with Gasteiger partial charge in [-0.3, -0.25) is 0 Å². The minimum Gasteiger partial charge on any atom is -0.316 e. The number of nitrogens with one attached hydrogen (secondary N) is 1. The standard InChI is InChI=1S/C13H19N/c1-10-8-11(2)13(12(3)9-10)6-5-7-14-4/h5-6,8-9,14H,7H2,1-4H3/b6-5+. The minimum absolute atomic E-state index is 0.923. The summed E-state index contributed by atoms with van der Waals surface area (Å²) >= 11 is 0. The topological polar surface area (TPSA) is 12.0 Å². The molecule has 1 heteroatoms. The molecule has 1 N–H and O–H groups in total. The van der Waals surface area contributed by atoms with Crippen LogP contribution in [0.2, 0.25) is 0 Å². The van der Waals surface area contributed by atoms with Crippen LogP contribution in [0.3, 0.4) is 0 Å². The van der Waals surface area contributed by atoms with E-state index >= 15 is 0 Å².